The molecule has 72 valence electrons. The summed E-state index contributed by atoms with van der Waals surface area (Å²) in [6.07, 6.45) is 6.04. The topological polar surface area (TPSA) is 20.3 Å². The van der Waals surface area contributed by atoms with Crippen LogP contribution in [-0.4, -0.2) is 19.9 Å². The molecule has 1 aromatic carbocycles. The summed E-state index contributed by atoms with van der Waals surface area (Å²) in [5.74, 6) is 2.53. The smallest absolute Gasteiger partial charge is 0.152 e. The Kier molecular flexibility index (Phi) is 3.73. The van der Waals surface area contributed by atoms with Gasteiger partial charge in [0, 0.05) is 17.1 Å². The first-order valence-corrected chi connectivity index (χ1v) is 4.88. The van der Waals surface area contributed by atoms with E-state index >= 15 is 0 Å². The van der Waals surface area contributed by atoms with E-state index in [2.05, 4.69) is 21.9 Å². The fourth-order valence-corrected chi connectivity index (χ4v) is 1.93. The highest BCUT2D eigenvalue weighted by atomic mass is 79.9. The van der Waals surface area contributed by atoms with Crippen LogP contribution in [0.5, 0.6) is 0 Å². The first-order valence-electron chi connectivity index (χ1n) is 4.09. The van der Waals surface area contributed by atoms with Gasteiger partial charge < -0.3 is 4.90 Å². The molecule has 0 aliphatic carbocycles. The van der Waals surface area contributed by atoms with Gasteiger partial charge in [-0.3, -0.25) is 4.79 Å². The molecule has 0 unspecified atom stereocenters. The number of nitrogens with zero attached hydrogens (tertiary/aromatic N) is 1. The summed E-state index contributed by atoms with van der Waals surface area (Å²) in [6, 6.07) is 5.47. The summed E-state index contributed by atoms with van der Waals surface area (Å²) in [4.78, 5) is 12.6. The van der Waals surface area contributed by atoms with Crippen molar-refractivity contribution in [3.8, 4) is 12.3 Å². The van der Waals surface area contributed by atoms with Crippen LogP contribution in [-0.2, 0) is 0 Å². The van der Waals surface area contributed by atoms with Crippen LogP contribution in [0.1, 0.15) is 10.4 Å². The average Bonchev–Trinajstić information content (AvgIpc) is 2.17. The number of terminal acetylenes is 1. The van der Waals surface area contributed by atoms with E-state index in [1.807, 2.05) is 24.1 Å². The van der Waals surface area contributed by atoms with E-state index in [0.717, 1.165) is 16.4 Å². The number of benzene rings is 1. The lowest BCUT2D eigenvalue weighted by molar-refractivity contribution is 0.112. The molecule has 2 nitrogen and oxygen atoms in total. The third-order valence-corrected chi connectivity index (χ3v) is 2.50. The molecule has 0 amide bonds. The van der Waals surface area contributed by atoms with Gasteiger partial charge in [-0.25, -0.2) is 0 Å². The second kappa shape index (κ2) is 4.83. The monoisotopic (exact) mass is 251 g/mol. The van der Waals surface area contributed by atoms with E-state index in [1.54, 1.807) is 6.07 Å². The van der Waals surface area contributed by atoms with E-state index in [-0.39, 0.29) is 0 Å². The number of hydrogen-bond donors (Lipinski definition) is 0. The van der Waals surface area contributed by atoms with Crippen molar-refractivity contribution in [3.05, 3.63) is 28.2 Å². The number of anilines is 1. The molecule has 0 bridgehead atoms. The minimum atomic E-state index is 0.476. The lowest BCUT2D eigenvalue weighted by Gasteiger charge is -2.19. The molecule has 0 aliphatic rings. The Labute approximate surface area is 92.0 Å². The van der Waals surface area contributed by atoms with Crippen LogP contribution in [0, 0.1) is 12.3 Å². The van der Waals surface area contributed by atoms with Crippen molar-refractivity contribution in [2.45, 2.75) is 0 Å². The van der Waals surface area contributed by atoms with E-state index in [4.69, 9.17) is 6.42 Å². The highest BCUT2D eigenvalue weighted by Gasteiger charge is 2.09. The Hall–Kier alpha value is -1.27. The average molecular weight is 252 g/mol. The summed E-state index contributed by atoms with van der Waals surface area (Å²) in [5, 5.41) is 0. The molecule has 1 rings (SSSR count). The van der Waals surface area contributed by atoms with Crippen LogP contribution in [0.4, 0.5) is 5.69 Å². The summed E-state index contributed by atoms with van der Waals surface area (Å²) in [5.41, 5.74) is 1.47. The van der Waals surface area contributed by atoms with Gasteiger partial charge in [0.1, 0.15) is 0 Å². The predicted molar refractivity (Wildman–Crippen MR) is 61.6 cm³/mol. The lowest BCUT2D eigenvalue weighted by Crippen LogP contribution is -2.19. The van der Waals surface area contributed by atoms with Crippen molar-refractivity contribution in [1.29, 1.82) is 0 Å². The largest absolute Gasteiger partial charge is 0.362 e. The van der Waals surface area contributed by atoms with Gasteiger partial charge in [-0.1, -0.05) is 12.0 Å². The Bertz CT molecular complexity index is 381. The standard InChI is InChI=1S/C11H10BrNO/c1-3-7-13(2)11-9(8-14)5-4-6-10(11)12/h1,4-6,8H,7H2,2H3. The zero-order chi connectivity index (χ0) is 10.6. The normalized spacial score (nSPS) is 9.21. The summed E-state index contributed by atoms with van der Waals surface area (Å²) in [6.45, 7) is 0.476. The number of carbonyl (C=O) groups is 1. The maximum Gasteiger partial charge on any atom is 0.152 e. The Balaban J connectivity index is 3.17. The number of carbonyl (C=O) groups excluding carboxylic acids is 1. The molecule has 0 atom stereocenters. The number of rotatable bonds is 3. The SMILES string of the molecule is C#CCN(C)c1c(Br)cccc1C=O. The fraction of sp³-hybridized carbons (Fsp3) is 0.182. The van der Waals surface area contributed by atoms with Crippen LogP contribution in [0.15, 0.2) is 22.7 Å². The van der Waals surface area contributed by atoms with E-state index in [9.17, 15) is 4.79 Å². The van der Waals surface area contributed by atoms with Crippen molar-refractivity contribution in [3.63, 3.8) is 0 Å². The Morgan fingerprint density at radius 1 is 1.64 bits per heavy atom. The molecular formula is C11H10BrNO. The summed E-state index contributed by atoms with van der Waals surface area (Å²) < 4.78 is 0.875. The quantitative estimate of drug-likeness (QED) is 0.607. The molecule has 1 aromatic rings. The van der Waals surface area contributed by atoms with E-state index in [1.165, 1.54) is 0 Å². The molecule has 0 spiro atoms. The summed E-state index contributed by atoms with van der Waals surface area (Å²) in [7, 11) is 1.85. The number of para-hydroxylation sites is 1. The van der Waals surface area contributed by atoms with Gasteiger partial charge in [0.2, 0.25) is 0 Å². The van der Waals surface area contributed by atoms with Crippen LogP contribution in [0.3, 0.4) is 0 Å². The molecule has 0 aromatic heterocycles. The van der Waals surface area contributed by atoms with Gasteiger partial charge in [-0.15, -0.1) is 6.42 Å². The molecule has 0 aliphatic heterocycles. The second-order valence-corrected chi connectivity index (χ2v) is 3.71. The summed E-state index contributed by atoms with van der Waals surface area (Å²) >= 11 is 3.39. The zero-order valence-corrected chi connectivity index (χ0v) is 9.41. The fourth-order valence-electron chi connectivity index (χ4n) is 1.25. The first kappa shape index (κ1) is 10.8. The number of aldehydes is 1. The molecular weight excluding hydrogens is 242 g/mol. The van der Waals surface area contributed by atoms with Crippen molar-refractivity contribution >= 4 is 27.9 Å². The van der Waals surface area contributed by atoms with Gasteiger partial charge >= 0.3 is 0 Å². The minimum absolute atomic E-state index is 0.476. The molecule has 0 radical (unpaired) electrons. The van der Waals surface area contributed by atoms with Crippen molar-refractivity contribution in [2.24, 2.45) is 0 Å². The highest BCUT2D eigenvalue weighted by molar-refractivity contribution is 9.10. The van der Waals surface area contributed by atoms with Crippen LogP contribution >= 0.6 is 15.9 Å². The van der Waals surface area contributed by atoms with Crippen LogP contribution < -0.4 is 4.90 Å². The molecule has 0 heterocycles. The lowest BCUT2D eigenvalue weighted by atomic mass is 10.2. The van der Waals surface area contributed by atoms with Crippen molar-refractivity contribution in [2.75, 3.05) is 18.5 Å². The molecule has 0 fully saturated rings. The van der Waals surface area contributed by atoms with Crippen molar-refractivity contribution in [1.82, 2.24) is 0 Å². The molecule has 3 heteroatoms. The highest BCUT2D eigenvalue weighted by Crippen LogP contribution is 2.28. The maximum atomic E-state index is 10.8. The van der Waals surface area contributed by atoms with E-state index < -0.39 is 0 Å². The maximum absolute atomic E-state index is 10.8. The number of hydrogen-bond acceptors (Lipinski definition) is 2. The van der Waals surface area contributed by atoms with Gasteiger partial charge in [-0.05, 0) is 28.1 Å². The molecule has 14 heavy (non-hydrogen) atoms. The van der Waals surface area contributed by atoms with Gasteiger partial charge in [0.15, 0.2) is 6.29 Å². The van der Waals surface area contributed by atoms with Crippen LogP contribution in [0.25, 0.3) is 0 Å². The van der Waals surface area contributed by atoms with E-state index in [0.29, 0.717) is 12.1 Å². The predicted octanol–water partition coefficient (Wildman–Crippen LogP) is 2.33. The minimum Gasteiger partial charge on any atom is -0.362 e. The molecule has 0 saturated heterocycles. The van der Waals surface area contributed by atoms with Gasteiger partial charge in [0.25, 0.3) is 0 Å². The van der Waals surface area contributed by atoms with Gasteiger partial charge in [0.05, 0.1) is 12.2 Å². The third-order valence-electron chi connectivity index (χ3n) is 1.86. The first-order chi connectivity index (χ1) is 6.70. The molecule has 0 saturated carbocycles. The van der Waals surface area contributed by atoms with Gasteiger partial charge in [-0.2, -0.15) is 0 Å². The zero-order valence-electron chi connectivity index (χ0n) is 7.83. The second-order valence-electron chi connectivity index (χ2n) is 2.86. The Morgan fingerprint density at radius 3 is 2.93 bits per heavy atom. The van der Waals surface area contributed by atoms with Crippen LogP contribution in [0.2, 0.25) is 0 Å². The number of halogens is 1. The molecule has 0 N–H and O–H groups in total. The third kappa shape index (κ3) is 2.15. The van der Waals surface area contributed by atoms with Crippen molar-refractivity contribution < 1.29 is 4.79 Å². The Morgan fingerprint density at radius 2 is 2.36 bits per heavy atom.